The second kappa shape index (κ2) is 17.1. The van der Waals surface area contributed by atoms with E-state index in [4.69, 9.17) is 0 Å². The van der Waals surface area contributed by atoms with E-state index in [1.165, 1.54) is 96.3 Å². The predicted molar refractivity (Wildman–Crippen MR) is 94.1 cm³/mol. The maximum absolute atomic E-state index is 2.53. The zero-order chi connectivity index (χ0) is 14.9. The minimum absolute atomic E-state index is 0.942. The van der Waals surface area contributed by atoms with Gasteiger partial charge in [-0.1, -0.05) is 111 Å². The van der Waals surface area contributed by atoms with Crippen LogP contribution in [0, 0.1) is 12.3 Å². The van der Waals surface area contributed by atoms with Crippen LogP contribution in [-0.4, -0.2) is 0 Å². The van der Waals surface area contributed by atoms with Gasteiger partial charge in [0.15, 0.2) is 0 Å². The van der Waals surface area contributed by atoms with Crippen LogP contribution in [0.5, 0.6) is 0 Å². The summed E-state index contributed by atoms with van der Waals surface area (Å²) in [4.78, 5) is 0. The Kier molecular flexibility index (Phi) is 17.1. The van der Waals surface area contributed by atoms with Crippen molar-refractivity contribution in [3.63, 3.8) is 0 Å². The van der Waals surface area contributed by atoms with Gasteiger partial charge in [-0.05, 0) is 18.8 Å². The van der Waals surface area contributed by atoms with Crippen LogP contribution in [0.2, 0.25) is 0 Å². The molecule has 0 nitrogen and oxygen atoms in total. The van der Waals surface area contributed by atoms with Crippen molar-refractivity contribution in [2.24, 2.45) is 5.92 Å². The Bertz CT molecular complexity index is 161. The van der Waals surface area contributed by atoms with E-state index in [9.17, 15) is 0 Å². The lowest BCUT2D eigenvalue weighted by molar-refractivity contribution is 0.450. The number of hydrogen-bond acceptors (Lipinski definition) is 0. The first-order chi connectivity index (χ1) is 9.81. The highest BCUT2D eigenvalue weighted by Crippen LogP contribution is 2.18. The number of hydrogen-bond donors (Lipinski definition) is 0. The third kappa shape index (κ3) is 16.1. The largest absolute Gasteiger partial charge is 0.0654 e. The molecule has 0 aromatic rings. The third-order valence-corrected chi connectivity index (χ3v) is 4.43. The van der Waals surface area contributed by atoms with E-state index < -0.39 is 0 Å². The maximum Gasteiger partial charge on any atom is -0.0386 e. The summed E-state index contributed by atoms with van der Waals surface area (Å²) in [7, 11) is 0. The molecule has 0 aromatic carbocycles. The molecule has 0 N–H and O–H groups in total. The molecule has 1 radical (unpaired) electrons. The van der Waals surface area contributed by atoms with E-state index in [0.717, 1.165) is 5.92 Å². The van der Waals surface area contributed by atoms with E-state index >= 15 is 0 Å². The van der Waals surface area contributed by atoms with E-state index in [2.05, 4.69) is 27.2 Å². The van der Waals surface area contributed by atoms with Gasteiger partial charge in [0.1, 0.15) is 0 Å². The van der Waals surface area contributed by atoms with Gasteiger partial charge in [0.25, 0.3) is 0 Å². The van der Waals surface area contributed by atoms with Crippen molar-refractivity contribution in [3.05, 3.63) is 6.42 Å². The lowest BCUT2D eigenvalue weighted by atomic mass is 9.96. The van der Waals surface area contributed by atoms with Gasteiger partial charge in [0.2, 0.25) is 0 Å². The molecule has 0 heteroatoms. The minimum atomic E-state index is 0.942. The highest BCUT2D eigenvalue weighted by molar-refractivity contribution is 4.67. The second-order valence-electron chi connectivity index (χ2n) is 6.73. The molecule has 0 spiro atoms. The predicted octanol–water partition coefficient (Wildman–Crippen LogP) is 7.72. The molecule has 0 saturated carbocycles. The lowest BCUT2D eigenvalue weighted by Gasteiger charge is -2.10. The molecule has 0 aliphatic carbocycles. The number of rotatable bonds is 16. The molecule has 0 aliphatic heterocycles. The summed E-state index contributed by atoms with van der Waals surface area (Å²) in [6, 6.07) is 0. The zero-order valence-electron chi connectivity index (χ0n) is 14.8. The summed E-state index contributed by atoms with van der Waals surface area (Å²) in [5.74, 6) is 0.942. The molecule has 121 valence electrons. The third-order valence-electron chi connectivity index (χ3n) is 4.43. The average molecular weight is 282 g/mol. The number of unbranched alkanes of at least 4 members (excludes halogenated alkanes) is 12. The first-order valence-corrected chi connectivity index (χ1v) is 9.62. The van der Waals surface area contributed by atoms with Crippen LogP contribution in [0.25, 0.3) is 0 Å². The van der Waals surface area contributed by atoms with Crippen molar-refractivity contribution in [3.8, 4) is 0 Å². The van der Waals surface area contributed by atoms with E-state index in [-0.39, 0.29) is 0 Å². The molecule has 0 fully saturated rings. The highest BCUT2D eigenvalue weighted by Gasteiger charge is 2.02. The molecular weight excluding hydrogens is 240 g/mol. The Morgan fingerprint density at radius 2 is 1.15 bits per heavy atom. The first kappa shape index (κ1) is 20.0. The molecule has 0 aliphatic rings. The summed E-state index contributed by atoms with van der Waals surface area (Å²) in [5.41, 5.74) is 0. The lowest BCUT2D eigenvalue weighted by Crippen LogP contribution is -1.95. The molecule has 0 amide bonds. The molecule has 0 rings (SSSR count). The van der Waals surface area contributed by atoms with Crippen molar-refractivity contribution >= 4 is 0 Å². The molecule has 0 saturated heterocycles. The quantitative estimate of drug-likeness (QED) is 0.254. The Morgan fingerprint density at radius 1 is 0.600 bits per heavy atom. The van der Waals surface area contributed by atoms with Crippen LogP contribution in [0.1, 0.15) is 117 Å². The normalized spacial score (nSPS) is 12.8. The Labute approximate surface area is 130 Å². The van der Waals surface area contributed by atoms with Crippen molar-refractivity contribution < 1.29 is 0 Å². The topological polar surface area (TPSA) is 0 Å². The average Bonchev–Trinajstić information content (AvgIpc) is 2.45. The van der Waals surface area contributed by atoms with E-state index in [1.807, 2.05) is 0 Å². The fourth-order valence-corrected chi connectivity index (χ4v) is 2.86. The van der Waals surface area contributed by atoms with Crippen molar-refractivity contribution in [2.75, 3.05) is 0 Å². The minimum Gasteiger partial charge on any atom is -0.0654 e. The molecule has 0 bridgehead atoms. The Balaban J connectivity index is 3.10. The Hall–Kier alpha value is 0. The van der Waals surface area contributed by atoms with Crippen LogP contribution in [0.15, 0.2) is 0 Å². The summed E-state index contributed by atoms with van der Waals surface area (Å²) < 4.78 is 0. The van der Waals surface area contributed by atoms with Gasteiger partial charge in [0, 0.05) is 0 Å². The molecule has 1 unspecified atom stereocenters. The first-order valence-electron chi connectivity index (χ1n) is 9.62. The van der Waals surface area contributed by atoms with Gasteiger partial charge in [-0.25, -0.2) is 0 Å². The van der Waals surface area contributed by atoms with Crippen LogP contribution in [0.4, 0.5) is 0 Å². The smallest absolute Gasteiger partial charge is 0.0386 e. The van der Waals surface area contributed by atoms with Crippen LogP contribution in [0.3, 0.4) is 0 Å². The van der Waals surface area contributed by atoms with Crippen molar-refractivity contribution in [1.29, 1.82) is 0 Å². The van der Waals surface area contributed by atoms with Crippen molar-refractivity contribution in [1.82, 2.24) is 0 Å². The van der Waals surface area contributed by atoms with Crippen LogP contribution >= 0.6 is 0 Å². The highest BCUT2D eigenvalue weighted by atomic mass is 14.1. The van der Waals surface area contributed by atoms with Gasteiger partial charge in [-0.2, -0.15) is 0 Å². The molecule has 0 heterocycles. The van der Waals surface area contributed by atoms with Crippen LogP contribution < -0.4 is 0 Å². The SMILES string of the molecule is CCCCC[CH]CCC(C)CCCCCCCCCC. The summed E-state index contributed by atoms with van der Waals surface area (Å²) >= 11 is 0. The second-order valence-corrected chi connectivity index (χ2v) is 6.73. The van der Waals surface area contributed by atoms with E-state index in [0.29, 0.717) is 0 Å². The molecule has 0 aromatic heterocycles. The summed E-state index contributed by atoms with van der Waals surface area (Å²) in [6.07, 6.45) is 23.9. The zero-order valence-corrected chi connectivity index (χ0v) is 14.8. The van der Waals surface area contributed by atoms with Gasteiger partial charge in [0.05, 0.1) is 0 Å². The fourth-order valence-electron chi connectivity index (χ4n) is 2.86. The molecule has 20 heavy (non-hydrogen) atoms. The monoisotopic (exact) mass is 281 g/mol. The molecular formula is C20H41. The van der Waals surface area contributed by atoms with E-state index in [1.54, 1.807) is 0 Å². The fraction of sp³-hybridized carbons (Fsp3) is 0.950. The van der Waals surface area contributed by atoms with Gasteiger partial charge in [-0.3, -0.25) is 0 Å². The van der Waals surface area contributed by atoms with Gasteiger partial charge in [-0.15, -0.1) is 0 Å². The van der Waals surface area contributed by atoms with Gasteiger partial charge >= 0.3 is 0 Å². The van der Waals surface area contributed by atoms with Crippen LogP contribution in [-0.2, 0) is 0 Å². The van der Waals surface area contributed by atoms with Gasteiger partial charge < -0.3 is 0 Å². The standard InChI is InChI=1S/C20H41/c1-4-6-8-10-12-13-15-17-19-20(3)18-16-14-11-9-7-5-2/h14,20H,4-13,15-19H2,1-3H3. The maximum atomic E-state index is 2.53. The Morgan fingerprint density at radius 3 is 1.80 bits per heavy atom. The molecule has 1 atom stereocenters. The summed E-state index contributed by atoms with van der Waals surface area (Å²) in [5, 5.41) is 0. The van der Waals surface area contributed by atoms with Crippen molar-refractivity contribution in [2.45, 2.75) is 117 Å². The summed E-state index contributed by atoms with van der Waals surface area (Å²) in [6.45, 7) is 7.02.